The maximum atomic E-state index is 12.6. The Balaban J connectivity index is 1.55. The van der Waals surface area contributed by atoms with Crippen LogP contribution in [0.1, 0.15) is 5.69 Å². The van der Waals surface area contributed by atoms with Crippen LogP contribution in [0.5, 0.6) is 0 Å². The third-order valence-corrected chi connectivity index (χ3v) is 6.64. The van der Waals surface area contributed by atoms with Crippen LogP contribution in [0.25, 0.3) is 28.0 Å². The molecule has 0 aliphatic carbocycles. The van der Waals surface area contributed by atoms with Crippen molar-refractivity contribution in [2.45, 2.75) is 12.7 Å². The molecule has 0 spiro atoms. The molecule has 0 atom stereocenters. The lowest BCUT2D eigenvalue weighted by molar-refractivity contribution is -0.106. The van der Waals surface area contributed by atoms with E-state index in [-0.39, 0.29) is 11.5 Å². The average molecular weight is 540 g/mol. The largest absolute Gasteiger partial charge is 0.404 e. The van der Waals surface area contributed by atoms with Crippen molar-refractivity contribution in [3.63, 3.8) is 0 Å². The first kappa shape index (κ1) is 25.1. The summed E-state index contributed by atoms with van der Waals surface area (Å²) in [5.41, 5.74) is 3.47. The molecule has 0 amide bonds. The number of pyridine rings is 2. The summed E-state index contributed by atoms with van der Waals surface area (Å²) in [6.07, 6.45) is 1.07. The van der Waals surface area contributed by atoms with E-state index < -0.39 is 22.0 Å². The van der Waals surface area contributed by atoms with Crippen molar-refractivity contribution >= 4 is 27.0 Å². The Morgan fingerprint density at radius 2 is 1.74 bits per heavy atom. The molecule has 4 heterocycles. The highest BCUT2D eigenvalue weighted by atomic mass is 32.2. The molecule has 0 aliphatic heterocycles. The lowest BCUT2D eigenvalue weighted by atomic mass is 10.1. The Labute approximate surface area is 215 Å². The van der Waals surface area contributed by atoms with Crippen LogP contribution in [0.4, 0.5) is 24.7 Å². The van der Waals surface area contributed by atoms with Crippen molar-refractivity contribution in [1.82, 2.24) is 24.6 Å². The van der Waals surface area contributed by atoms with Crippen LogP contribution in [-0.4, -0.2) is 44.9 Å². The zero-order valence-corrected chi connectivity index (χ0v) is 20.4. The van der Waals surface area contributed by atoms with Gasteiger partial charge in [-0.25, -0.2) is 17.9 Å². The molecule has 1 aromatic carbocycles. The minimum absolute atomic E-state index is 0.143. The summed E-state index contributed by atoms with van der Waals surface area (Å²) >= 11 is 0. The summed E-state index contributed by atoms with van der Waals surface area (Å²) in [6, 6.07) is 18.5. The number of anilines is 2. The van der Waals surface area contributed by atoms with Crippen LogP contribution >= 0.6 is 0 Å². The third-order valence-electron chi connectivity index (χ3n) is 5.38. The van der Waals surface area contributed by atoms with Crippen molar-refractivity contribution in [3.8, 4) is 22.5 Å². The maximum Gasteiger partial charge on any atom is 0.404 e. The van der Waals surface area contributed by atoms with Crippen LogP contribution < -0.4 is 10.0 Å². The summed E-state index contributed by atoms with van der Waals surface area (Å²) < 4.78 is 65.3. The molecule has 0 saturated heterocycles. The van der Waals surface area contributed by atoms with Crippen LogP contribution in [0.2, 0.25) is 0 Å². The maximum absolute atomic E-state index is 12.6. The zero-order valence-electron chi connectivity index (χ0n) is 19.6. The number of nitrogens with one attached hydrogen (secondary N) is 2. The molecule has 38 heavy (non-hydrogen) atoms. The summed E-state index contributed by atoms with van der Waals surface area (Å²) in [6.45, 7) is 0.363. The lowest BCUT2D eigenvalue weighted by Gasteiger charge is -2.13. The predicted octanol–water partition coefficient (Wildman–Crippen LogP) is 4.77. The van der Waals surface area contributed by atoms with Crippen molar-refractivity contribution in [1.29, 1.82) is 0 Å². The number of nitrogens with zero attached hydrogens (tertiary/aromatic N) is 5. The van der Waals surface area contributed by atoms with Gasteiger partial charge in [0.15, 0.2) is 17.4 Å². The SMILES string of the molecule is O=S(=O)(CC(F)(F)F)Nc1cncc(-c2nc(NCc3ccccn3)c3c(-c4ccccc4)ccn3n2)c1. The van der Waals surface area contributed by atoms with E-state index in [9.17, 15) is 21.6 Å². The van der Waals surface area contributed by atoms with Gasteiger partial charge in [0, 0.05) is 29.7 Å². The molecule has 0 saturated carbocycles. The predicted molar refractivity (Wildman–Crippen MR) is 137 cm³/mol. The topological polar surface area (TPSA) is 114 Å². The highest BCUT2D eigenvalue weighted by Gasteiger charge is 2.35. The Morgan fingerprint density at radius 1 is 0.947 bits per heavy atom. The quantitative estimate of drug-likeness (QED) is 0.292. The lowest BCUT2D eigenvalue weighted by Crippen LogP contribution is -2.27. The molecule has 0 unspecified atom stereocenters. The van der Waals surface area contributed by atoms with Gasteiger partial charge in [-0.15, -0.1) is 5.10 Å². The van der Waals surface area contributed by atoms with Gasteiger partial charge in [-0.05, 0) is 29.8 Å². The number of aromatic nitrogens is 5. The van der Waals surface area contributed by atoms with Crippen molar-refractivity contribution < 1.29 is 21.6 Å². The van der Waals surface area contributed by atoms with Crippen LogP contribution in [0.15, 0.2) is 85.5 Å². The normalized spacial score (nSPS) is 12.0. The molecule has 0 fully saturated rings. The molecule has 5 rings (SSSR count). The second kappa shape index (κ2) is 10.1. The second-order valence-corrected chi connectivity index (χ2v) is 10.0. The third kappa shape index (κ3) is 5.89. The van der Waals surface area contributed by atoms with Gasteiger partial charge in [0.25, 0.3) is 0 Å². The molecular formula is C25H20F3N7O2S. The summed E-state index contributed by atoms with van der Waals surface area (Å²) in [5.74, 6) is -1.35. The Morgan fingerprint density at radius 3 is 2.47 bits per heavy atom. The van der Waals surface area contributed by atoms with E-state index in [1.54, 1.807) is 16.9 Å². The molecule has 9 nitrogen and oxygen atoms in total. The first-order valence-electron chi connectivity index (χ1n) is 11.3. The number of halogens is 3. The van der Waals surface area contributed by atoms with E-state index in [0.717, 1.165) is 23.0 Å². The van der Waals surface area contributed by atoms with Crippen LogP contribution in [-0.2, 0) is 16.6 Å². The van der Waals surface area contributed by atoms with E-state index in [4.69, 9.17) is 0 Å². The van der Waals surface area contributed by atoms with Gasteiger partial charge in [0.05, 0.1) is 24.1 Å². The highest BCUT2D eigenvalue weighted by Crippen LogP contribution is 2.31. The van der Waals surface area contributed by atoms with Gasteiger partial charge in [-0.3, -0.25) is 14.7 Å². The Hall–Kier alpha value is -4.52. The number of alkyl halides is 3. The molecular weight excluding hydrogens is 519 g/mol. The monoisotopic (exact) mass is 539 g/mol. The number of sulfonamides is 1. The zero-order chi connectivity index (χ0) is 26.8. The summed E-state index contributed by atoms with van der Waals surface area (Å²) in [5, 5.41) is 7.85. The van der Waals surface area contributed by atoms with E-state index >= 15 is 0 Å². The fraction of sp³-hybridized carbons (Fsp3) is 0.120. The first-order chi connectivity index (χ1) is 18.2. The number of rotatable bonds is 8. The number of benzene rings is 1. The van der Waals surface area contributed by atoms with E-state index in [0.29, 0.717) is 23.4 Å². The van der Waals surface area contributed by atoms with Crippen molar-refractivity contribution in [3.05, 3.63) is 91.1 Å². The molecule has 194 valence electrons. The van der Waals surface area contributed by atoms with E-state index in [1.165, 1.54) is 12.3 Å². The first-order valence-corrected chi connectivity index (χ1v) is 12.9. The van der Waals surface area contributed by atoms with Crippen molar-refractivity contribution in [2.75, 3.05) is 15.8 Å². The highest BCUT2D eigenvalue weighted by molar-refractivity contribution is 7.92. The van der Waals surface area contributed by atoms with Crippen LogP contribution in [0, 0.1) is 0 Å². The van der Waals surface area contributed by atoms with Gasteiger partial charge in [0.2, 0.25) is 10.0 Å². The fourth-order valence-corrected chi connectivity index (χ4v) is 4.82. The van der Waals surface area contributed by atoms with Gasteiger partial charge < -0.3 is 5.32 Å². The summed E-state index contributed by atoms with van der Waals surface area (Å²) in [4.78, 5) is 13.0. The van der Waals surface area contributed by atoms with Crippen LogP contribution in [0.3, 0.4) is 0 Å². The minimum atomic E-state index is -4.88. The van der Waals surface area contributed by atoms with Gasteiger partial charge in [0.1, 0.15) is 5.52 Å². The standard InChI is InChI=1S/C25H20F3N7O2S/c26-25(27,28)16-38(36,37)34-20-12-18(13-29-14-20)23-32-24(31-15-19-8-4-5-10-30-19)22-21(9-11-35(22)33-23)17-6-2-1-3-7-17/h1-14,34H,15-16H2,(H,31,32,33). The minimum Gasteiger partial charge on any atom is -0.363 e. The van der Waals surface area contributed by atoms with Gasteiger partial charge in [-0.1, -0.05) is 36.4 Å². The van der Waals surface area contributed by atoms with Gasteiger partial charge in [-0.2, -0.15) is 13.2 Å². The average Bonchev–Trinajstić information content (AvgIpc) is 3.31. The van der Waals surface area contributed by atoms with E-state index in [2.05, 4.69) is 25.4 Å². The molecule has 4 aromatic heterocycles. The molecule has 2 N–H and O–H groups in total. The smallest absolute Gasteiger partial charge is 0.363 e. The Kier molecular flexibility index (Phi) is 6.68. The molecule has 0 radical (unpaired) electrons. The molecule has 0 aliphatic rings. The number of hydrogen-bond donors (Lipinski definition) is 2. The molecule has 0 bridgehead atoms. The van der Waals surface area contributed by atoms with Crippen molar-refractivity contribution in [2.24, 2.45) is 0 Å². The number of fused-ring (bicyclic) bond motifs is 1. The molecule has 5 aromatic rings. The summed E-state index contributed by atoms with van der Waals surface area (Å²) in [7, 11) is -4.68. The fourth-order valence-electron chi connectivity index (χ4n) is 3.85. The molecule has 13 heteroatoms. The van der Waals surface area contributed by atoms with Gasteiger partial charge >= 0.3 is 6.18 Å². The Bertz CT molecular complexity index is 1680. The number of hydrogen-bond acceptors (Lipinski definition) is 7. The van der Waals surface area contributed by atoms with E-state index in [1.807, 2.05) is 59.3 Å². The second-order valence-electron chi connectivity index (χ2n) is 8.29.